The van der Waals surface area contributed by atoms with E-state index in [1.807, 2.05) is 83.4 Å². The number of anilines is 3. The second-order valence-corrected chi connectivity index (χ2v) is 30.3. The number of rotatable bonds is 19. The minimum atomic E-state index is -1.50. The maximum Gasteiger partial charge on any atom is 0.408 e. The molecular formula is C88H89F5N20O13. The number of halogens is 5. The molecule has 0 unspecified atom stereocenters. The highest BCUT2D eigenvalue weighted by molar-refractivity contribution is 6.03. The highest BCUT2D eigenvalue weighted by atomic mass is 19.1. The third kappa shape index (κ3) is 21.8. The van der Waals surface area contributed by atoms with Crippen molar-refractivity contribution in [3.63, 3.8) is 0 Å². The summed E-state index contributed by atoms with van der Waals surface area (Å²) >= 11 is 0. The number of ether oxygens (including phenoxy) is 2. The van der Waals surface area contributed by atoms with Crippen LogP contribution in [0.1, 0.15) is 153 Å². The van der Waals surface area contributed by atoms with Crippen molar-refractivity contribution in [3.8, 4) is 11.4 Å². The van der Waals surface area contributed by atoms with Gasteiger partial charge in [-0.25, -0.2) is 95.8 Å². The van der Waals surface area contributed by atoms with Crippen molar-refractivity contribution in [2.24, 2.45) is 14.1 Å². The molecule has 8 aromatic heterocycles. The molecule has 15 rings (SSSR count). The van der Waals surface area contributed by atoms with E-state index in [2.05, 4.69) is 71.8 Å². The third-order valence-corrected chi connectivity index (χ3v) is 18.9. The number of benzene rings is 7. The number of aromatic nitrogens is 14. The number of carbonyl (C=O) groups excluding carboxylic acids is 3. The van der Waals surface area contributed by atoms with E-state index < -0.39 is 111 Å². The van der Waals surface area contributed by atoms with Crippen molar-refractivity contribution < 1.29 is 64.5 Å². The minimum Gasteiger partial charge on any atom is -0.478 e. The molecule has 0 fully saturated rings. The summed E-state index contributed by atoms with van der Waals surface area (Å²) in [6.45, 7) is 19.4. The number of fused-ring (bicyclic) bond motifs is 6. The molecule has 654 valence electrons. The Morgan fingerprint density at radius 1 is 0.492 bits per heavy atom. The average Bonchev–Trinajstić information content (AvgIpc) is 0.865. The van der Waals surface area contributed by atoms with Gasteiger partial charge in [-0.15, -0.1) is 0 Å². The second kappa shape index (κ2) is 39.8. The molecule has 38 heteroatoms. The number of aromatic carboxylic acids is 1. The number of aryl methyl sites for hydroxylation is 2. The van der Waals surface area contributed by atoms with Gasteiger partial charge >= 0.3 is 29.4 Å². The van der Waals surface area contributed by atoms with Gasteiger partial charge in [-0.2, -0.15) is 0 Å². The molecule has 8 heterocycles. The van der Waals surface area contributed by atoms with Gasteiger partial charge in [0.05, 0.1) is 80.7 Å². The van der Waals surface area contributed by atoms with Crippen LogP contribution in [-0.4, -0.2) is 122 Å². The van der Waals surface area contributed by atoms with Crippen LogP contribution in [0.3, 0.4) is 0 Å². The number of para-hydroxylation sites is 2. The molecule has 15 aromatic rings. The van der Waals surface area contributed by atoms with Gasteiger partial charge in [0.25, 0.3) is 11.1 Å². The quantitative estimate of drug-likeness (QED) is 0.0370. The van der Waals surface area contributed by atoms with Crippen LogP contribution in [0.4, 0.5) is 48.9 Å². The fourth-order valence-electron chi connectivity index (χ4n) is 12.7. The lowest BCUT2D eigenvalue weighted by Gasteiger charge is -2.23. The molecule has 7 N–H and O–H groups in total. The number of nitrogens with zero attached hydrogens (tertiary/aromatic N) is 14. The van der Waals surface area contributed by atoms with E-state index in [1.54, 1.807) is 108 Å². The summed E-state index contributed by atoms with van der Waals surface area (Å²) in [5.74, 6) is -3.06. The van der Waals surface area contributed by atoms with Crippen LogP contribution < -0.4 is 54.3 Å². The molecular weight excluding hydrogens is 1640 g/mol. The molecule has 3 amide bonds. The Kier molecular flexibility index (Phi) is 29.0. The fraction of sp³-hybridized carbons (Fsp3) is 0.273. The SMILES string of the molecule is CC[C@H](NC(=O)OC(C)(C)C)C(=O)Nc1cccc(F)c1C(=O)O.CC[C@H](NC(=O)OC(C)(C)C)c1nc2cccc(F)c2c(=O)o1.CC[C@H](Nc1ncnc2c1ncn2C)c1nc2cccc(F)c2c(=O)n1-c1ccccc1.CN[C@@H](C)c1nc2ccc(F)cc2c(=O)o1.C[C@H](Nc1ncnc2c1ncn2C)c1nc2ccc(F)cc2c(=O)n1-c1ccccc1. The highest BCUT2D eigenvalue weighted by Gasteiger charge is 2.30. The van der Waals surface area contributed by atoms with Gasteiger partial charge in [0.2, 0.25) is 17.7 Å². The normalized spacial score (nSPS) is 12.5. The van der Waals surface area contributed by atoms with Crippen molar-refractivity contribution in [2.75, 3.05) is 23.0 Å². The summed E-state index contributed by atoms with van der Waals surface area (Å²) in [4.78, 5) is 141. The van der Waals surface area contributed by atoms with Crippen molar-refractivity contribution in [2.45, 2.75) is 137 Å². The largest absolute Gasteiger partial charge is 0.478 e. The smallest absolute Gasteiger partial charge is 0.408 e. The van der Waals surface area contributed by atoms with Gasteiger partial charge in [-0.05, 0) is 179 Å². The molecule has 0 aliphatic heterocycles. The van der Waals surface area contributed by atoms with Crippen molar-refractivity contribution in [1.82, 2.24) is 84.1 Å². The van der Waals surface area contributed by atoms with Crippen LogP contribution in [0.25, 0.3) is 77.3 Å². The zero-order chi connectivity index (χ0) is 91.2. The number of carboxylic acids is 1. The van der Waals surface area contributed by atoms with Crippen molar-refractivity contribution >= 4 is 107 Å². The molecule has 0 aliphatic rings. The maximum absolute atomic E-state index is 14.6. The lowest BCUT2D eigenvalue weighted by atomic mass is 10.1. The number of carbonyl (C=O) groups is 4. The van der Waals surface area contributed by atoms with E-state index in [4.69, 9.17) is 33.4 Å². The second-order valence-electron chi connectivity index (χ2n) is 30.3. The first-order chi connectivity index (χ1) is 60.0. The number of amides is 3. The summed E-state index contributed by atoms with van der Waals surface area (Å²) in [5.41, 5.74) is 0.819. The predicted molar refractivity (Wildman–Crippen MR) is 462 cm³/mol. The van der Waals surface area contributed by atoms with Crippen molar-refractivity contribution in [3.05, 3.63) is 277 Å². The molecule has 0 aliphatic carbocycles. The van der Waals surface area contributed by atoms with E-state index in [9.17, 15) is 60.3 Å². The monoisotopic (exact) mass is 1730 g/mol. The third-order valence-electron chi connectivity index (χ3n) is 18.9. The number of nitrogens with one attached hydrogen (secondary N) is 6. The lowest BCUT2D eigenvalue weighted by Crippen LogP contribution is -2.45. The average molecular weight is 1730 g/mol. The topological polar surface area (TPSA) is 422 Å². The Hall–Kier alpha value is -15.1. The first-order valence-electron chi connectivity index (χ1n) is 39.5. The molecule has 5 atom stereocenters. The molecule has 0 saturated carbocycles. The summed E-state index contributed by atoms with van der Waals surface area (Å²) in [6, 6.07) is 35.7. The Morgan fingerprint density at radius 3 is 1.52 bits per heavy atom. The molecule has 0 spiro atoms. The van der Waals surface area contributed by atoms with Gasteiger partial charge in [-0.1, -0.05) is 75.4 Å². The summed E-state index contributed by atoms with van der Waals surface area (Å²) in [6.07, 6.45) is 6.10. The molecule has 33 nitrogen and oxygen atoms in total. The molecule has 126 heavy (non-hydrogen) atoms. The predicted octanol–water partition coefficient (Wildman–Crippen LogP) is 14.8. The van der Waals surface area contributed by atoms with Crippen molar-refractivity contribution in [1.29, 1.82) is 0 Å². The highest BCUT2D eigenvalue weighted by Crippen LogP contribution is 2.30. The first kappa shape index (κ1) is 91.6. The fourth-order valence-corrected chi connectivity index (χ4v) is 12.7. The Labute approximate surface area is 714 Å². The summed E-state index contributed by atoms with van der Waals surface area (Å²) in [7, 11) is 5.45. The van der Waals surface area contributed by atoms with Gasteiger partial charge in [-0.3, -0.25) is 23.5 Å². The van der Waals surface area contributed by atoms with E-state index in [1.165, 1.54) is 82.5 Å². The molecule has 0 bridgehead atoms. The number of hydrogen-bond acceptors (Lipinski definition) is 25. The zero-order valence-electron chi connectivity index (χ0n) is 70.7. The Morgan fingerprint density at radius 2 is 0.976 bits per heavy atom. The molecule has 0 saturated heterocycles. The van der Waals surface area contributed by atoms with Gasteiger partial charge < -0.3 is 64.4 Å². The standard InChI is InChI=1S/C23H20FN7O.C22H18FN7O.C16H21FN2O5.C16H19FN2O4.C11H11FN2O2/c1-3-16(28-20-19-22(26-12-25-20)30(2)13-27-19)21-29-17-11-7-10-15(24)18(17)23(32)31(21)14-8-5-4-6-9-14;1-13(27-19-18-21(25-11-24-19)29(2)12-26-18)20-28-17-9-8-14(23)10-16(17)22(31)30(20)15-6-4-3-5-7-15;1-5-10(19-15(23)24-16(2,3)4)13(20)18-11-8-6-7-9(17)12(11)14(21)22;1-5-10(19-15(21)23-16(2,3)4)13-18-11-8-6-7-9(17)12(11)14(20)22-13;1-6(13-2)10-14-9-4-3-7(12)5-8(9)11(15)16-10/h4-13,16H,3H2,1-2H3,(H,25,26,28);3-13H,1-2H3,(H,24,25,27);6-8,10H,5H2,1-4H3,(H,18,20)(H,19,23)(H,21,22);6-8,10H,5H2,1-4H3,(H,19,21);3-6,13H,1-2H3/t16-;13-;2*10-;6-/m00000/s1. The van der Waals surface area contributed by atoms with E-state index in [0.717, 1.165) is 18.2 Å². The number of imidazole rings is 2. The van der Waals surface area contributed by atoms with E-state index >= 15 is 0 Å². The van der Waals surface area contributed by atoms with Crippen LogP contribution in [0.5, 0.6) is 0 Å². The summed E-state index contributed by atoms with van der Waals surface area (Å²) < 4.78 is 95.5. The minimum absolute atomic E-state index is 0.0152. The van der Waals surface area contributed by atoms with Gasteiger partial charge in [0, 0.05) is 14.1 Å². The summed E-state index contributed by atoms with van der Waals surface area (Å²) in [5, 5.41) is 26.1. The van der Waals surface area contributed by atoms with E-state index in [0.29, 0.717) is 92.3 Å². The van der Waals surface area contributed by atoms with Crippen LogP contribution >= 0.6 is 0 Å². The Bertz CT molecular complexity index is 6780. The maximum atomic E-state index is 14.6. The van der Waals surface area contributed by atoms with Crippen LogP contribution in [0.15, 0.2) is 205 Å². The van der Waals surface area contributed by atoms with Gasteiger partial charge in [0.1, 0.15) is 104 Å². The lowest BCUT2D eigenvalue weighted by molar-refractivity contribution is -0.118. The van der Waals surface area contributed by atoms with Crippen LogP contribution in [0.2, 0.25) is 0 Å². The van der Waals surface area contributed by atoms with E-state index in [-0.39, 0.29) is 56.7 Å². The Balaban J connectivity index is 0.000000156. The molecule has 7 aromatic carbocycles. The zero-order valence-corrected chi connectivity index (χ0v) is 70.7. The number of carboxylic acid groups (broad SMARTS) is 1. The van der Waals surface area contributed by atoms with Crippen LogP contribution in [-0.2, 0) is 28.4 Å². The first-order valence-corrected chi connectivity index (χ1v) is 39.5. The number of hydrogen-bond donors (Lipinski definition) is 7. The molecule has 0 radical (unpaired) electrons. The van der Waals surface area contributed by atoms with Gasteiger partial charge in [0.15, 0.2) is 22.9 Å². The van der Waals surface area contributed by atoms with Crippen LogP contribution in [0, 0.1) is 29.1 Å². The number of alkyl carbamates (subject to hydrolysis) is 2.